The molecule has 2 saturated carbocycles. The molecule has 4 aliphatic rings. The lowest BCUT2D eigenvalue weighted by Gasteiger charge is -2.31. The number of rotatable bonds is 1. The second-order valence-electron chi connectivity index (χ2n) is 7.44. The van der Waals surface area contributed by atoms with Crippen LogP contribution in [0.4, 0.5) is 0 Å². The number of carbonyl (C=O) groups is 2. The fourth-order valence-corrected chi connectivity index (χ4v) is 5.09. The van der Waals surface area contributed by atoms with Gasteiger partial charge in [-0.05, 0) is 19.3 Å². The molecule has 2 aliphatic heterocycles. The van der Waals surface area contributed by atoms with Gasteiger partial charge in [-0.25, -0.2) is 0 Å². The highest BCUT2D eigenvalue weighted by atomic mass is 16.6. The molecule has 4 fully saturated rings. The van der Waals surface area contributed by atoms with Gasteiger partial charge in [0.1, 0.15) is 12.2 Å². The Morgan fingerprint density at radius 3 is 2.86 bits per heavy atom. The lowest BCUT2D eigenvalue weighted by atomic mass is 9.77. The Bertz CT molecular complexity index is 569. The average Bonchev–Trinajstić information content (AvgIpc) is 2.88. The fraction of sp³-hybridized carbons (Fsp3) is 0.765. The summed E-state index contributed by atoms with van der Waals surface area (Å²) in [5, 5.41) is 0. The van der Waals surface area contributed by atoms with Gasteiger partial charge in [-0.1, -0.05) is 19.1 Å². The molecule has 0 radical (unpaired) electrons. The molecular weight excluding hydrogens is 284 g/mol. The molecule has 5 heteroatoms. The summed E-state index contributed by atoms with van der Waals surface area (Å²) < 4.78 is 17.2. The van der Waals surface area contributed by atoms with Gasteiger partial charge in [-0.15, -0.1) is 0 Å². The molecule has 0 bridgehead atoms. The lowest BCUT2D eigenvalue weighted by molar-refractivity contribution is -0.151. The number of fused-ring (bicyclic) bond motifs is 5. The smallest absolute Gasteiger partial charge is 0.309 e. The molecule has 2 saturated heterocycles. The summed E-state index contributed by atoms with van der Waals surface area (Å²) in [5.74, 6) is -0.461. The van der Waals surface area contributed by atoms with Gasteiger partial charge in [0.25, 0.3) is 0 Å². The van der Waals surface area contributed by atoms with Crippen LogP contribution >= 0.6 is 0 Å². The van der Waals surface area contributed by atoms with E-state index in [1.54, 1.807) is 0 Å². The van der Waals surface area contributed by atoms with E-state index in [1.807, 2.05) is 6.92 Å². The van der Waals surface area contributed by atoms with Gasteiger partial charge < -0.3 is 14.2 Å². The lowest BCUT2D eigenvalue weighted by Crippen LogP contribution is -2.41. The molecule has 120 valence electrons. The van der Waals surface area contributed by atoms with Crippen LogP contribution in [0.2, 0.25) is 0 Å². The molecule has 2 aliphatic carbocycles. The second kappa shape index (κ2) is 4.34. The predicted molar refractivity (Wildman–Crippen MR) is 76.7 cm³/mol. The van der Waals surface area contributed by atoms with Crippen molar-refractivity contribution in [3.63, 3.8) is 0 Å². The van der Waals surface area contributed by atoms with E-state index in [4.69, 9.17) is 14.2 Å². The van der Waals surface area contributed by atoms with Crippen LogP contribution in [0, 0.1) is 23.7 Å². The van der Waals surface area contributed by atoms with Crippen LogP contribution in [-0.2, 0) is 23.8 Å². The van der Waals surface area contributed by atoms with Crippen molar-refractivity contribution in [2.75, 3.05) is 0 Å². The largest absolute Gasteiger partial charge is 0.462 e. The number of ether oxygens (including phenoxy) is 3. The molecule has 2 heterocycles. The van der Waals surface area contributed by atoms with Crippen LogP contribution in [0.25, 0.3) is 0 Å². The van der Waals surface area contributed by atoms with Crippen molar-refractivity contribution in [3.8, 4) is 0 Å². The highest BCUT2D eigenvalue weighted by Crippen LogP contribution is 2.63. The maximum Gasteiger partial charge on any atom is 0.309 e. The molecule has 0 aromatic carbocycles. The van der Waals surface area contributed by atoms with E-state index in [2.05, 4.69) is 13.5 Å². The van der Waals surface area contributed by atoms with Crippen molar-refractivity contribution in [1.82, 2.24) is 0 Å². The Kier molecular flexibility index (Phi) is 2.81. The molecule has 0 aromatic heterocycles. The van der Waals surface area contributed by atoms with Crippen LogP contribution in [0.15, 0.2) is 12.2 Å². The van der Waals surface area contributed by atoms with Gasteiger partial charge in [0.05, 0.1) is 17.6 Å². The Balaban J connectivity index is 1.74. The van der Waals surface area contributed by atoms with Gasteiger partial charge in [-0.3, -0.25) is 9.59 Å². The molecule has 8 atom stereocenters. The zero-order valence-electron chi connectivity index (χ0n) is 13.2. The van der Waals surface area contributed by atoms with Crippen molar-refractivity contribution in [2.45, 2.75) is 57.5 Å². The fourth-order valence-electron chi connectivity index (χ4n) is 5.09. The third-order valence-corrected chi connectivity index (χ3v) is 6.21. The first-order valence-corrected chi connectivity index (χ1v) is 8.06. The number of hydrogen-bond donors (Lipinski definition) is 0. The first kappa shape index (κ1) is 14.2. The van der Waals surface area contributed by atoms with Crippen LogP contribution in [0.3, 0.4) is 0 Å². The minimum Gasteiger partial charge on any atom is -0.462 e. The molecular formula is C17H22O5. The zero-order valence-corrected chi connectivity index (χ0v) is 13.2. The normalized spacial score (nSPS) is 52.2. The van der Waals surface area contributed by atoms with Crippen molar-refractivity contribution >= 4 is 11.9 Å². The van der Waals surface area contributed by atoms with Crippen molar-refractivity contribution in [2.24, 2.45) is 23.7 Å². The number of hydrogen-bond acceptors (Lipinski definition) is 5. The first-order valence-electron chi connectivity index (χ1n) is 8.06. The van der Waals surface area contributed by atoms with Crippen LogP contribution in [-0.4, -0.2) is 35.9 Å². The third kappa shape index (κ3) is 1.75. The number of carbonyl (C=O) groups excluding carboxylic acids is 2. The zero-order chi connectivity index (χ0) is 15.8. The molecule has 0 amide bonds. The van der Waals surface area contributed by atoms with E-state index in [-0.39, 0.29) is 59.5 Å². The van der Waals surface area contributed by atoms with Gasteiger partial charge in [0, 0.05) is 25.2 Å². The van der Waals surface area contributed by atoms with Gasteiger partial charge in [-0.2, -0.15) is 0 Å². The van der Waals surface area contributed by atoms with Crippen molar-refractivity contribution < 1.29 is 23.8 Å². The van der Waals surface area contributed by atoms with Gasteiger partial charge in [0.2, 0.25) is 0 Å². The SMILES string of the molecule is C=C1C[C@@H](OC(C)=O)[C@H]2[C@@H](OC(=O)[C@@H]2C)[C@@H]2[C@H]1C[C@H]1O[C@]21C. The third-order valence-electron chi connectivity index (χ3n) is 6.21. The summed E-state index contributed by atoms with van der Waals surface area (Å²) in [6, 6.07) is 0. The molecule has 0 spiro atoms. The van der Waals surface area contributed by atoms with E-state index < -0.39 is 0 Å². The monoisotopic (exact) mass is 306 g/mol. The van der Waals surface area contributed by atoms with Crippen LogP contribution in [0.5, 0.6) is 0 Å². The molecule has 0 unspecified atom stereocenters. The predicted octanol–water partition coefficient (Wildman–Crippen LogP) is 1.85. The Hall–Kier alpha value is -1.36. The summed E-state index contributed by atoms with van der Waals surface area (Å²) in [6.45, 7) is 9.63. The van der Waals surface area contributed by atoms with Crippen molar-refractivity contribution in [3.05, 3.63) is 12.2 Å². The molecule has 4 rings (SSSR count). The van der Waals surface area contributed by atoms with E-state index in [9.17, 15) is 9.59 Å². The standard InChI is InChI=1S/C17H22O5/c1-7-5-11(20-9(3)18)13-8(2)16(19)21-15(13)14-10(7)6-12-17(14,4)22-12/h8,10-15H,1,5-6H2,2-4H3/t8-,10+,11-,12-,13+,14+,15-,17+/m1/s1. The van der Waals surface area contributed by atoms with Gasteiger partial charge >= 0.3 is 11.9 Å². The minimum absolute atomic E-state index is 0.108. The number of esters is 2. The molecule has 22 heavy (non-hydrogen) atoms. The number of epoxide rings is 1. The average molecular weight is 306 g/mol. The summed E-state index contributed by atoms with van der Waals surface area (Å²) >= 11 is 0. The molecule has 5 nitrogen and oxygen atoms in total. The quantitative estimate of drug-likeness (QED) is 0.420. The van der Waals surface area contributed by atoms with Gasteiger partial charge in [0.15, 0.2) is 0 Å². The van der Waals surface area contributed by atoms with Crippen LogP contribution < -0.4 is 0 Å². The molecule has 0 N–H and O–H groups in total. The summed E-state index contributed by atoms with van der Waals surface area (Å²) in [7, 11) is 0. The highest BCUT2D eigenvalue weighted by Gasteiger charge is 2.72. The Labute approximate surface area is 130 Å². The van der Waals surface area contributed by atoms with E-state index in [0.29, 0.717) is 6.42 Å². The molecule has 0 aromatic rings. The van der Waals surface area contributed by atoms with E-state index >= 15 is 0 Å². The summed E-state index contributed by atoms with van der Waals surface area (Å²) in [5.41, 5.74) is 0.886. The minimum atomic E-state index is -0.331. The topological polar surface area (TPSA) is 65.1 Å². The first-order chi connectivity index (χ1) is 10.3. The second-order valence-corrected chi connectivity index (χ2v) is 7.44. The van der Waals surface area contributed by atoms with Crippen molar-refractivity contribution in [1.29, 1.82) is 0 Å². The highest BCUT2D eigenvalue weighted by molar-refractivity contribution is 5.75. The van der Waals surface area contributed by atoms with Crippen LogP contribution in [0.1, 0.15) is 33.6 Å². The maximum atomic E-state index is 12.2. The summed E-state index contributed by atoms with van der Waals surface area (Å²) in [4.78, 5) is 23.6. The Morgan fingerprint density at radius 2 is 2.18 bits per heavy atom. The van der Waals surface area contributed by atoms with E-state index in [0.717, 1.165) is 12.0 Å². The Morgan fingerprint density at radius 1 is 1.45 bits per heavy atom. The summed E-state index contributed by atoms with van der Waals surface area (Å²) in [6.07, 6.45) is 1.23. The maximum absolute atomic E-state index is 12.2. The van der Waals surface area contributed by atoms with E-state index in [1.165, 1.54) is 6.92 Å².